The molecule has 0 fully saturated rings. The largest absolute Gasteiger partial charge is 0.497 e. The number of aromatic amines is 1. The number of carbonyl (C=O) groups is 1. The van der Waals surface area contributed by atoms with Gasteiger partial charge in [-0.25, -0.2) is 0 Å². The predicted molar refractivity (Wildman–Crippen MR) is 91.9 cm³/mol. The molecule has 1 amide bonds. The van der Waals surface area contributed by atoms with E-state index in [0.717, 1.165) is 28.6 Å². The topological polar surface area (TPSA) is 68.1 Å². The fraction of sp³-hybridized carbons (Fsp3) is 0.211. The van der Waals surface area contributed by atoms with Crippen molar-refractivity contribution in [3.8, 4) is 5.75 Å². The van der Waals surface area contributed by atoms with E-state index in [0.29, 0.717) is 11.3 Å². The number of carbonyl (C=O) groups excluding carboxylic acids is 1. The summed E-state index contributed by atoms with van der Waals surface area (Å²) >= 11 is 0. The van der Waals surface area contributed by atoms with Gasteiger partial charge >= 0.3 is 6.18 Å². The summed E-state index contributed by atoms with van der Waals surface area (Å²) in [6.07, 6.45) is -2.68. The molecule has 0 aliphatic rings. The number of hydrogen-bond acceptors (Lipinski definition) is 2. The number of amides is 1. The summed E-state index contributed by atoms with van der Waals surface area (Å²) < 4.78 is 43.6. The second kappa shape index (κ2) is 6.74. The highest BCUT2D eigenvalue weighted by atomic mass is 19.4. The minimum Gasteiger partial charge on any atom is -0.497 e. The van der Waals surface area contributed by atoms with Crippen LogP contribution in [0.3, 0.4) is 0 Å². The van der Waals surface area contributed by atoms with Crippen molar-refractivity contribution in [2.24, 2.45) is 5.73 Å². The zero-order valence-corrected chi connectivity index (χ0v) is 13.9. The van der Waals surface area contributed by atoms with Crippen molar-refractivity contribution in [3.05, 3.63) is 65.4 Å². The van der Waals surface area contributed by atoms with Crippen LogP contribution in [0.25, 0.3) is 10.9 Å². The first kappa shape index (κ1) is 17.8. The van der Waals surface area contributed by atoms with Gasteiger partial charge in [-0.2, -0.15) is 13.2 Å². The highest BCUT2D eigenvalue weighted by Crippen LogP contribution is 2.36. The van der Waals surface area contributed by atoms with E-state index in [1.807, 2.05) is 12.1 Å². The molecule has 4 nitrogen and oxygen atoms in total. The molecule has 2 aromatic carbocycles. The van der Waals surface area contributed by atoms with Gasteiger partial charge in [0.2, 0.25) is 5.91 Å². The maximum Gasteiger partial charge on any atom is 0.416 e. The molecule has 0 saturated carbocycles. The number of benzene rings is 2. The number of aromatic nitrogens is 1. The van der Waals surface area contributed by atoms with Gasteiger partial charge in [-0.3, -0.25) is 4.79 Å². The van der Waals surface area contributed by atoms with Gasteiger partial charge in [0.15, 0.2) is 0 Å². The normalized spacial score (nSPS) is 12.9. The number of alkyl halides is 3. The smallest absolute Gasteiger partial charge is 0.416 e. The van der Waals surface area contributed by atoms with Crippen LogP contribution in [0.15, 0.2) is 48.7 Å². The second-order valence-electron chi connectivity index (χ2n) is 6.00. The van der Waals surface area contributed by atoms with Gasteiger partial charge in [0, 0.05) is 29.4 Å². The number of rotatable bonds is 5. The van der Waals surface area contributed by atoms with Crippen LogP contribution in [0.5, 0.6) is 5.75 Å². The highest BCUT2D eigenvalue weighted by Gasteiger charge is 2.30. The third kappa shape index (κ3) is 3.51. The van der Waals surface area contributed by atoms with Crippen molar-refractivity contribution in [3.63, 3.8) is 0 Å². The Bertz CT molecular complexity index is 930. The minimum atomic E-state index is -4.41. The summed E-state index contributed by atoms with van der Waals surface area (Å²) in [7, 11) is 1.55. The Labute approximate surface area is 147 Å². The molecule has 3 N–H and O–H groups in total. The lowest BCUT2D eigenvalue weighted by Gasteiger charge is -2.17. The van der Waals surface area contributed by atoms with Crippen LogP contribution in [-0.2, 0) is 11.0 Å². The molecule has 7 heteroatoms. The molecule has 0 bridgehead atoms. The lowest BCUT2D eigenvalue weighted by molar-refractivity contribution is -0.137. The van der Waals surface area contributed by atoms with Gasteiger partial charge < -0.3 is 15.5 Å². The first-order valence-electron chi connectivity index (χ1n) is 7.90. The molecule has 0 radical (unpaired) electrons. The molecule has 0 aliphatic carbocycles. The van der Waals surface area contributed by atoms with E-state index in [-0.39, 0.29) is 6.42 Å². The van der Waals surface area contributed by atoms with Gasteiger partial charge in [0.05, 0.1) is 12.7 Å². The third-order valence-electron chi connectivity index (χ3n) is 4.34. The number of nitrogens with two attached hydrogens (primary N) is 1. The Balaban J connectivity index is 2.08. The molecule has 0 spiro atoms. The third-order valence-corrected chi connectivity index (χ3v) is 4.34. The molecule has 0 unspecified atom stereocenters. The summed E-state index contributed by atoms with van der Waals surface area (Å²) in [5, 5.41) is 0.829. The maximum atomic E-state index is 12.8. The zero-order valence-electron chi connectivity index (χ0n) is 13.9. The minimum absolute atomic E-state index is 0.0183. The number of methoxy groups -OCH3 is 1. The highest BCUT2D eigenvalue weighted by molar-refractivity contribution is 5.87. The number of fused-ring (bicyclic) bond motifs is 1. The van der Waals surface area contributed by atoms with E-state index in [2.05, 4.69) is 4.98 Å². The van der Waals surface area contributed by atoms with E-state index >= 15 is 0 Å². The number of hydrogen-bond donors (Lipinski definition) is 2. The molecule has 1 atom stereocenters. The van der Waals surface area contributed by atoms with Crippen molar-refractivity contribution in [1.29, 1.82) is 0 Å². The summed E-state index contributed by atoms with van der Waals surface area (Å²) in [6.45, 7) is 0. The zero-order chi connectivity index (χ0) is 18.9. The Kier molecular flexibility index (Phi) is 4.63. The Hall–Kier alpha value is -2.96. The van der Waals surface area contributed by atoms with Crippen molar-refractivity contribution in [2.75, 3.05) is 7.11 Å². The molecule has 3 rings (SSSR count). The molecule has 3 aromatic rings. The number of ether oxygens (including phenoxy) is 1. The monoisotopic (exact) mass is 362 g/mol. The fourth-order valence-electron chi connectivity index (χ4n) is 3.05. The quantitative estimate of drug-likeness (QED) is 0.714. The van der Waals surface area contributed by atoms with E-state index in [1.165, 1.54) is 12.1 Å². The summed E-state index contributed by atoms with van der Waals surface area (Å²) in [5.74, 6) is -0.355. The van der Waals surface area contributed by atoms with Gasteiger partial charge in [-0.1, -0.05) is 12.1 Å². The van der Waals surface area contributed by atoms with Crippen LogP contribution in [0.1, 0.15) is 29.0 Å². The van der Waals surface area contributed by atoms with Gasteiger partial charge in [0.1, 0.15) is 5.75 Å². The number of primary amides is 1. The Morgan fingerprint density at radius 2 is 1.88 bits per heavy atom. The van der Waals surface area contributed by atoms with Gasteiger partial charge in [0.25, 0.3) is 0 Å². The lowest BCUT2D eigenvalue weighted by atomic mass is 9.87. The van der Waals surface area contributed by atoms with E-state index in [4.69, 9.17) is 10.5 Å². The maximum absolute atomic E-state index is 12.8. The second-order valence-corrected chi connectivity index (χ2v) is 6.00. The predicted octanol–water partition coefficient (Wildman–Crippen LogP) is 4.20. The van der Waals surface area contributed by atoms with Crippen LogP contribution in [0.4, 0.5) is 13.2 Å². The number of H-pyrrole nitrogens is 1. The average molecular weight is 362 g/mol. The molecular weight excluding hydrogens is 345 g/mol. The first-order valence-corrected chi connectivity index (χ1v) is 7.90. The lowest BCUT2D eigenvalue weighted by Crippen LogP contribution is -2.16. The van der Waals surface area contributed by atoms with Crippen molar-refractivity contribution >= 4 is 16.8 Å². The van der Waals surface area contributed by atoms with Crippen LogP contribution < -0.4 is 10.5 Å². The number of halogens is 3. The molecular formula is C19H17F3N2O2. The molecule has 136 valence electrons. The SMILES string of the molecule is COc1ccc2[nH]cc([C@H](CC(N)=O)c3ccc(C(F)(F)F)cc3)c2c1. The fourth-order valence-corrected chi connectivity index (χ4v) is 3.05. The molecule has 26 heavy (non-hydrogen) atoms. The number of nitrogens with one attached hydrogen (secondary N) is 1. The van der Waals surface area contributed by atoms with Crippen molar-refractivity contribution < 1.29 is 22.7 Å². The van der Waals surface area contributed by atoms with Crippen LogP contribution in [-0.4, -0.2) is 18.0 Å². The summed E-state index contributed by atoms with van der Waals surface area (Å²) in [6, 6.07) is 10.2. The van der Waals surface area contributed by atoms with Crippen molar-refractivity contribution in [2.45, 2.75) is 18.5 Å². The van der Waals surface area contributed by atoms with Gasteiger partial charge in [-0.15, -0.1) is 0 Å². The Morgan fingerprint density at radius 3 is 2.46 bits per heavy atom. The van der Waals surface area contributed by atoms with Crippen LogP contribution in [0.2, 0.25) is 0 Å². The van der Waals surface area contributed by atoms with E-state index in [9.17, 15) is 18.0 Å². The van der Waals surface area contributed by atoms with Crippen LogP contribution in [0, 0.1) is 0 Å². The average Bonchev–Trinajstić information content (AvgIpc) is 3.01. The molecule has 1 heterocycles. The first-order chi connectivity index (χ1) is 12.3. The van der Waals surface area contributed by atoms with Gasteiger partial charge in [-0.05, 0) is 41.5 Å². The van der Waals surface area contributed by atoms with E-state index < -0.39 is 23.6 Å². The molecule has 0 saturated heterocycles. The Morgan fingerprint density at radius 1 is 1.19 bits per heavy atom. The standard InChI is InChI=1S/C19H17F3N2O2/c1-26-13-6-7-17-15(8-13)16(10-24-17)14(9-18(23)25)11-2-4-12(5-3-11)19(20,21)22/h2-8,10,14,24H,9H2,1H3,(H2,23,25)/t14-/m1/s1. The summed E-state index contributed by atoms with van der Waals surface area (Å²) in [4.78, 5) is 14.7. The molecule has 1 aromatic heterocycles. The van der Waals surface area contributed by atoms with Crippen LogP contribution >= 0.6 is 0 Å². The molecule has 0 aliphatic heterocycles. The van der Waals surface area contributed by atoms with E-state index in [1.54, 1.807) is 19.4 Å². The summed E-state index contributed by atoms with van der Waals surface area (Å²) in [5.41, 5.74) is 6.84. The van der Waals surface area contributed by atoms with Crippen molar-refractivity contribution in [1.82, 2.24) is 4.98 Å².